The standard InChI is InChI=1S/C19H20ClN3O2/c1-18(10-24)6-13-3-2-12(14-4-15(20)8-22-7-14)5-16(13)19(9-18)11-25-17(21)23-19/h2-5,7-8,24H,6,9-11H2,1H3,(H2,21,23)/t18-,19+/m1/s1. The van der Waals surface area contributed by atoms with Gasteiger partial charge in [0.25, 0.3) is 6.02 Å². The van der Waals surface area contributed by atoms with Gasteiger partial charge < -0.3 is 15.6 Å². The summed E-state index contributed by atoms with van der Waals surface area (Å²) in [6.07, 6.45) is 4.91. The number of pyridine rings is 1. The van der Waals surface area contributed by atoms with E-state index in [4.69, 9.17) is 22.1 Å². The molecule has 5 nitrogen and oxygen atoms in total. The minimum Gasteiger partial charge on any atom is -0.462 e. The zero-order valence-corrected chi connectivity index (χ0v) is 14.8. The molecule has 0 radical (unpaired) electrons. The van der Waals surface area contributed by atoms with Crippen LogP contribution in [0.5, 0.6) is 0 Å². The van der Waals surface area contributed by atoms with Gasteiger partial charge in [0.1, 0.15) is 12.1 Å². The molecule has 1 aromatic carbocycles. The Morgan fingerprint density at radius 1 is 1.28 bits per heavy atom. The fourth-order valence-electron chi connectivity index (χ4n) is 4.05. The summed E-state index contributed by atoms with van der Waals surface area (Å²) in [5, 5.41) is 10.5. The number of aliphatic hydroxyl groups excluding tert-OH is 1. The van der Waals surface area contributed by atoms with Gasteiger partial charge in [0.2, 0.25) is 0 Å². The molecular formula is C19H20ClN3O2. The van der Waals surface area contributed by atoms with E-state index in [0.717, 1.165) is 23.1 Å². The maximum atomic E-state index is 9.91. The van der Waals surface area contributed by atoms with Crippen LogP contribution in [0, 0.1) is 5.41 Å². The Bertz CT molecular complexity index is 869. The Hall–Kier alpha value is -2.11. The third-order valence-corrected chi connectivity index (χ3v) is 5.36. The van der Waals surface area contributed by atoms with Crippen LogP contribution in [0.1, 0.15) is 24.5 Å². The van der Waals surface area contributed by atoms with Crippen LogP contribution in [0.2, 0.25) is 5.02 Å². The van der Waals surface area contributed by atoms with E-state index in [-0.39, 0.29) is 18.0 Å². The van der Waals surface area contributed by atoms with Crippen LogP contribution < -0.4 is 5.73 Å². The quantitative estimate of drug-likeness (QED) is 0.866. The topological polar surface area (TPSA) is 80.7 Å². The van der Waals surface area contributed by atoms with E-state index in [1.54, 1.807) is 12.4 Å². The van der Waals surface area contributed by atoms with Gasteiger partial charge in [0.15, 0.2) is 0 Å². The van der Waals surface area contributed by atoms with Crippen LogP contribution in [-0.4, -0.2) is 29.3 Å². The molecule has 0 fully saturated rings. The van der Waals surface area contributed by atoms with Crippen molar-refractivity contribution in [2.24, 2.45) is 16.1 Å². The molecule has 2 heterocycles. The number of rotatable bonds is 2. The highest BCUT2D eigenvalue weighted by Crippen LogP contribution is 2.49. The zero-order chi connectivity index (χ0) is 17.7. The molecule has 3 N–H and O–H groups in total. The summed E-state index contributed by atoms with van der Waals surface area (Å²) in [4.78, 5) is 8.81. The second-order valence-corrected chi connectivity index (χ2v) is 7.79. The summed E-state index contributed by atoms with van der Waals surface area (Å²) in [6, 6.07) is 8.40. The van der Waals surface area contributed by atoms with E-state index in [0.29, 0.717) is 18.1 Å². The highest BCUT2D eigenvalue weighted by atomic mass is 35.5. The number of aliphatic hydroxyl groups is 1. The van der Waals surface area contributed by atoms with Crippen molar-refractivity contribution in [3.05, 3.63) is 52.8 Å². The fourth-order valence-corrected chi connectivity index (χ4v) is 4.22. The van der Waals surface area contributed by atoms with Crippen molar-refractivity contribution < 1.29 is 9.84 Å². The van der Waals surface area contributed by atoms with Crippen LogP contribution in [0.4, 0.5) is 0 Å². The fraction of sp³-hybridized carbons (Fsp3) is 0.368. The van der Waals surface area contributed by atoms with Crippen LogP contribution in [-0.2, 0) is 16.7 Å². The van der Waals surface area contributed by atoms with Gasteiger partial charge in [-0.3, -0.25) is 4.98 Å². The van der Waals surface area contributed by atoms with Gasteiger partial charge in [-0.25, -0.2) is 4.99 Å². The normalized spacial score (nSPS) is 27.7. The number of amidine groups is 1. The molecule has 0 bridgehead atoms. The predicted molar refractivity (Wildman–Crippen MR) is 97.4 cm³/mol. The molecule has 2 aromatic rings. The second-order valence-electron chi connectivity index (χ2n) is 7.36. The lowest BCUT2D eigenvalue weighted by Crippen LogP contribution is -2.42. The Morgan fingerprint density at radius 3 is 2.80 bits per heavy atom. The van der Waals surface area contributed by atoms with Crippen LogP contribution in [0.15, 0.2) is 41.7 Å². The largest absolute Gasteiger partial charge is 0.462 e. The molecule has 25 heavy (non-hydrogen) atoms. The molecule has 2 aliphatic rings. The Kier molecular flexibility index (Phi) is 3.74. The highest BCUT2D eigenvalue weighted by molar-refractivity contribution is 6.30. The third-order valence-electron chi connectivity index (χ3n) is 5.15. The summed E-state index contributed by atoms with van der Waals surface area (Å²) in [6.45, 7) is 2.58. The van der Waals surface area contributed by atoms with Gasteiger partial charge in [-0.15, -0.1) is 0 Å². The van der Waals surface area contributed by atoms with Crippen LogP contribution in [0.3, 0.4) is 0 Å². The van der Waals surface area contributed by atoms with Crippen molar-refractivity contribution >= 4 is 17.6 Å². The molecule has 1 aliphatic carbocycles. The molecule has 1 aliphatic heterocycles. The monoisotopic (exact) mass is 357 g/mol. The number of hydrogen-bond donors (Lipinski definition) is 2. The maximum Gasteiger partial charge on any atom is 0.283 e. The van der Waals surface area contributed by atoms with Crippen LogP contribution >= 0.6 is 11.6 Å². The van der Waals surface area contributed by atoms with E-state index in [1.807, 2.05) is 6.07 Å². The van der Waals surface area contributed by atoms with E-state index in [1.165, 1.54) is 5.56 Å². The smallest absolute Gasteiger partial charge is 0.283 e. The molecular weight excluding hydrogens is 338 g/mol. The maximum absolute atomic E-state index is 9.91. The molecule has 1 aromatic heterocycles. The molecule has 0 amide bonds. The first-order valence-electron chi connectivity index (χ1n) is 8.26. The molecule has 1 spiro atoms. The number of halogens is 1. The minimum absolute atomic E-state index is 0.101. The third kappa shape index (κ3) is 2.77. The summed E-state index contributed by atoms with van der Waals surface area (Å²) in [5.74, 6) is 0. The molecule has 0 saturated carbocycles. The summed E-state index contributed by atoms with van der Waals surface area (Å²) in [5.41, 5.74) is 9.31. The second kappa shape index (κ2) is 5.71. The van der Waals surface area contributed by atoms with Crippen LogP contribution in [0.25, 0.3) is 11.1 Å². The number of hydrogen-bond acceptors (Lipinski definition) is 5. The molecule has 0 saturated heterocycles. The van der Waals surface area contributed by atoms with Gasteiger partial charge >= 0.3 is 0 Å². The summed E-state index contributed by atoms with van der Waals surface area (Å²) < 4.78 is 5.52. The van der Waals surface area contributed by atoms with E-state index < -0.39 is 5.54 Å². The summed E-state index contributed by atoms with van der Waals surface area (Å²) in [7, 11) is 0. The minimum atomic E-state index is -0.544. The number of aliphatic imine (C=N–C) groups is 1. The van der Waals surface area contributed by atoms with Crippen molar-refractivity contribution in [2.75, 3.05) is 13.2 Å². The SMILES string of the molecule is C[C@@]1(CO)Cc2ccc(-c3cncc(Cl)c3)cc2[C@@]2(COC(N)=N2)C1. The first kappa shape index (κ1) is 16.4. The number of ether oxygens (including phenoxy) is 1. The Balaban J connectivity index is 1.86. The first-order chi connectivity index (χ1) is 11.9. The van der Waals surface area contributed by atoms with Gasteiger partial charge in [0, 0.05) is 24.6 Å². The average Bonchev–Trinajstić information content (AvgIpc) is 2.95. The molecule has 0 unspecified atom stereocenters. The lowest BCUT2D eigenvalue weighted by atomic mass is 9.65. The lowest BCUT2D eigenvalue weighted by Gasteiger charge is -2.42. The number of benzene rings is 1. The van der Waals surface area contributed by atoms with Gasteiger partial charge in [-0.1, -0.05) is 30.7 Å². The zero-order valence-electron chi connectivity index (χ0n) is 14.0. The molecule has 2 atom stereocenters. The Morgan fingerprint density at radius 2 is 2.12 bits per heavy atom. The van der Waals surface area contributed by atoms with E-state index in [9.17, 15) is 5.11 Å². The number of aromatic nitrogens is 1. The van der Waals surface area contributed by atoms with Gasteiger partial charge in [0.05, 0.1) is 5.02 Å². The van der Waals surface area contributed by atoms with Gasteiger partial charge in [-0.2, -0.15) is 0 Å². The summed E-state index contributed by atoms with van der Waals surface area (Å²) >= 11 is 6.09. The highest BCUT2D eigenvalue weighted by Gasteiger charge is 2.48. The van der Waals surface area contributed by atoms with E-state index in [2.05, 4.69) is 35.1 Å². The lowest BCUT2D eigenvalue weighted by molar-refractivity contribution is 0.0801. The number of nitrogens with zero attached hydrogens (tertiary/aromatic N) is 2. The average molecular weight is 358 g/mol. The predicted octanol–water partition coefficient (Wildman–Crippen LogP) is 2.89. The van der Waals surface area contributed by atoms with Crippen molar-refractivity contribution in [2.45, 2.75) is 25.3 Å². The van der Waals surface area contributed by atoms with Crippen molar-refractivity contribution in [3.63, 3.8) is 0 Å². The van der Waals surface area contributed by atoms with Crippen molar-refractivity contribution in [1.82, 2.24) is 4.98 Å². The van der Waals surface area contributed by atoms with Gasteiger partial charge in [-0.05, 0) is 47.1 Å². The molecule has 6 heteroatoms. The number of fused-ring (bicyclic) bond motifs is 2. The molecule has 130 valence electrons. The molecule has 4 rings (SSSR count). The van der Waals surface area contributed by atoms with Crippen molar-refractivity contribution in [3.8, 4) is 11.1 Å². The first-order valence-corrected chi connectivity index (χ1v) is 8.64. The number of nitrogens with two attached hydrogens (primary N) is 1. The van der Waals surface area contributed by atoms with Crippen molar-refractivity contribution in [1.29, 1.82) is 0 Å². The van der Waals surface area contributed by atoms with E-state index >= 15 is 0 Å². The Labute approximate surface area is 151 Å².